The molecule has 0 heterocycles. The molecule has 4 rings (SSSR count). The molecule has 28 heavy (non-hydrogen) atoms. The number of carbonyl (C=O) groups is 2. The molecule has 7 atom stereocenters. The van der Waals surface area contributed by atoms with E-state index < -0.39 is 17.6 Å². The highest BCUT2D eigenvalue weighted by molar-refractivity contribution is 6.01. The second-order valence-electron chi connectivity index (χ2n) is 10.3. The van der Waals surface area contributed by atoms with Crippen molar-refractivity contribution in [3.63, 3.8) is 0 Å². The van der Waals surface area contributed by atoms with E-state index in [2.05, 4.69) is 19.9 Å². The van der Waals surface area contributed by atoms with Crippen LogP contribution >= 0.6 is 0 Å². The van der Waals surface area contributed by atoms with Gasteiger partial charge in [-0.3, -0.25) is 9.59 Å². The minimum absolute atomic E-state index is 0.0538. The molecule has 2 N–H and O–H groups in total. The van der Waals surface area contributed by atoms with Crippen LogP contribution in [0.15, 0.2) is 23.8 Å². The van der Waals surface area contributed by atoms with Gasteiger partial charge in [-0.2, -0.15) is 0 Å². The smallest absolute Gasteiger partial charge is 0.178 e. The average molecular weight is 387 g/mol. The largest absolute Gasteiger partial charge is 0.368 e. The Morgan fingerprint density at radius 3 is 2.46 bits per heavy atom. The van der Waals surface area contributed by atoms with Crippen LogP contribution in [0.25, 0.3) is 0 Å². The van der Waals surface area contributed by atoms with E-state index >= 15 is 0 Å². The molecule has 154 valence electrons. The van der Waals surface area contributed by atoms with E-state index in [0.717, 1.165) is 38.5 Å². The molecule has 1 unspecified atom stereocenters. The molecule has 0 radical (unpaired) electrons. The highest BCUT2D eigenvalue weighted by Gasteiger charge is 2.67. The number of allylic oxidation sites excluding steroid dienone is 4. The Morgan fingerprint density at radius 1 is 1.14 bits per heavy atom. The van der Waals surface area contributed by atoms with Crippen LogP contribution in [0, 0.1) is 39.9 Å². The first-order valence-corrected chi connectivity index (χ1v) is 10.9. The maximum Gasteiger partial charge on any atom is 0.178 e. The second kappa shape index (κ2) is 6.37. The predicted octanol–water partition coefficient (Wildman–Crippen LogP) is 3.82. The van der Waals surface area contributed by atoms with E-state index in [9.17, 15) is 19.8 Å². The molecule has 3 fully saturated rings. The van der Waals surface area contributed by atoms with E-state index in [-0.39, 0.29) is 22.4 Å². The summed E-state index contributed by atoms with van der Waals surface area (Å²) in [5.74, 6) is 1.19. The summed E-state index contributed by atoms with van der Waals surface area (Å²) >= 11 is 0. The van der Waals surface area contributed by atoms with Gasteiger partial charge in [0, 0.05) is 16.7 Å². The molecular formula is C24H34O4. The molecule has 0 aromatic carbocycles. The standard InChI is InChI=1S/C24H34O4/c1-14(21(27)28)24(15(2)25)12-9-20-18-6-5-16-13-17(26)7-10-22(16,3)19(18)8-11-23(20,24)4/h7,10,13-14,18-21,27-28H,5-6,8-9,11-12H2,1-4H3/t14?,18-,19+,20+,22+,23+,24+/m1/s1. The first-order chi connectivity index (χ1) is 13.1. The SMILES string of the molecule is CC(=O)[C@@]1(C(C)C(O)O)CC[C@H]2[C@@H]3CCC4=CC(=O)C=C[C@]4(C)[C@H]3CC[C@@]21C. The highest BCUT2D eigenvalue weighted by atomic mass is 16.5. The third-order valence-electron chi connectivity index (χ3n) is 9.67. The number of fused-ring (bicyclic) bond motifs is 5. The van der Waals surface area contributed by atoms with Crippen molar-refractivity contribution in [3.05, 3.63) is 23.8 Å². The van der Waals surface area contributed by atoms with Gasteiger partial charge >= 0.3 is 0 Å². The van der Waals surface area contributed by atoms with Gasteiger partial charge in [0.25, 0.3) is 0 Å². The first kappa shape index (κ1) is 20.0. The van der Waals surface area contributed by atoms with Crippen molar-refractivity contribution in [2.45, 2.75) is 72.5 Å². The quantitative estimate of drug-likeness (QED) is 0.723. The summed E-state index contributed by atoms with van der Waals surface area (Å²) < 4.78 is 0. The maximum atomic E-state index is 13.0. The molecule has 4 heteroatoms. The lowest BCUT2D eigenvalue weighted by atomic mass is 9.44. The molecular weight excluding hydrogens is 352 g/mol. The Labute approximate surface area is 168 Å². The summed E-state index contributed by atoms with van der Waals surface area (Å²) in [5, 5.41) is 20.0. The lowest BCUT2D eigenvalue weighted by Crippen LogP contribution is -2.57. The molecule has 3 saturated carbocycles. The van der Waals surface area contributed by atoms with E-state index in [1.807, 2.05) is 13.0 Å². The predicted molar refractivity (Wildman–Crippen MR) is 107 cm³/mol. The molecule has 0 aromatic rings. The fourth-order valence-corrected chi connectivity index (χ4v) is 8.17. The Kier molecular flexibility index (Phi) is 4.56. The highest BCUT2D eigenvalue weighted by Crippen LogP contribution is 2.71. The molecule has 4 nitrogen and oxygen atoms in total. The van der Waals surface area contributed by atoms with Crippen molar-refractivity contribution < 1.29 is 19.8 Å². The van der Waals surface area contributed by atoms with Gasteiger partial charge in [0.1, 0.15) is 5.78 Å². The Morgan fingerprint density at radius 2 is 1.82 bits per heavy atom. The van der Waals surface area contributed by atoms with E-state index in [4.69, 9.17) is 0 Å². The average Bonchev–Trinajstić information content (AvgIpc) is 2.95. The lowest BCUT2D eigenvalue weighted by Gasteiger charge is -2.59. The number of carbonyl (C=O) groups excluding carboxylic acids is 2. The number of aliphatic hydroxyl groups excluding tert-OH is 1. The molecule has 0 amide bonds. The number of ketones is 2. The van der Waals surface area contributed by atoms with Gasteiger partial charge in [0.15, 0.2) is 12.1 Å². The minimum atomic E-state index is -1.47. The first-order valence-electron chi connectivity index (χ1n) is 10.9. The third kappa shape index (κ3) is 2.37. The van der Waals surface area contributed by atoms with Gasteiger partial charge in [-0.25, -0.2) is 0 Å². The fourth-order valence-electron chi connectivity index (χ4n) is 8.17. The van der Waals surface area contributed by atoms with Gasteiger partial charge in [0.05, 0.1) is 0 Å². The van der Waals surface area contributed by atoms with E-state index in [1.54, 1.807) is 13.0 Å². The number of hydrogen-bond donors (Lipinski definition) is 2. The molecule has 0 aromatic heterocycles. The van der Waals surface area contributed by atoms with Crippen molar-refractivity contribution in [3.8, 4) is 0 Å². The van der Waals surface area contributed by atoms with Gasteiger partial charge in [-0.05, 0) is 80.8 Å². The van der Waals surface area contributed by atoms with Crippen molar-refractivity contribution in [2.24, 2.45) is 39.9 Å². The fraction of sp³-hybridized carbons (Fsp3) is 0.750. The summed E-state index contributed by atoms with van der Waals surface area (Å²) in [7, 11) is 0. The second-order valence-corrected chi connectivity index (χ2v) is 10.3. The topological polar surface area (TPSA) is 74.6 Å². The van der Waals surface area contributed by atoms with Gasteiger partial charge in [0.2, 0.25) is 0 Å². The van der Waals surface area contributed by atoms with E-state index in [0.29, 0.717) is 17.8 Å². The summed E-state index contributed by atoms with van der Waals surface area (Å²) in [5.41, 5.74) is 0.364. The van der Waals surface area contributed by atoms with Crippen molar-refractivity contribution in [1.29, 1.82) is 0 Å². The van der Waals surface area contributed by atoms with Crippen LogP contribution in [0.3, 0.4) is 0 Å². The summed E-state index contributed by atoms with van der Waals surface area (Å²) in [6.07, 6.45) is 9.95. The number of rotatable bonds is 3. The van der Waals surface area contributed by atoms with Crippen LogP contribution < -0.4 is 0 Å². The molecule has 4 aliphatic rings. The summed E-state index contributed by atoms with van der Waals surface area (Å²) in [6, 6.07) is 0. The minimum Gasteiger partial charge on any atom is -0.368 e. The van der Waals surface area contributed by atoms with Crippen molar-refractivity contribution in [1.82, 2.24) is 0 Å². The monoisotopic (exact) mass is 386 g/mol. The van der Waals surface area contributed by atoms with Crippen LogP contribution in [-0.4, -0.2) is 28.1 Å². The third-order valence-corrected chi connectivity index (χ3v) is 9.67. The van der Waals surface area contributed by atoms with Crippen LogP contribution in [0.5, 0.6) is 0 Å². The molecule has 0 saturated heterocycles. The summed E-state index contributed by atoms with van der Waals surface area (Å²) in [6.45, 7) is 8.02. The Balaban J connectivity index is 1.73. The molecule has 0 aliphatic heterocycles. The van der Waals surface area contributed by atoms with Crippen LogP contribution in [0.2, 0.25) is 0 Å². The maximum absolute atomic E-state index is 13.0. The number of aliphatic hydroxyl groups is 2. The van der Waals surface area contributed by atoms with Crippen molar-refractivity contribution in [2.75, 3.05) is 0 Å². The molecule has 4 aliphatic carbocycles. The van der Waals surface area contributed by atoms with Gasteiger partial charge in [-0.15, -0.1) is 0 Å². The Bertz CT molecular complexity index is 765. The van der Waals surface area contributed by atoms with Crippen LogP contribution in [0.4, 0.5) is 0 Å². The van der Waals surface area contributed by atoms with Crippen LogP contribution in [0.1, 0.15) is 66.2 Å². The molecule has 0 spiro atoms. The van der Waals surface area contributed by atoms with Crippen LogP contribution in [-0.2, 0) is 9.59 Å². The zero-order valence-corrected chi connectivity index (χ0v) is 17.6. The molecule has 0 bridgehead atoms. The van der Waals surface area contributed by atoms with Gasteiger partial charge in [-0.1, -0.05) is 32.4 Å². The van der Waals surface area contributed by atoms with Crippen molar-refractivity contribution >= 4 is 11.6 Å². The Hall–Kier alpha value is -1.26. The zero-order valence-electron chi connectivity index (χ0n) is 17.6. The van der Waals surface area contributed by atoms with Gasteiger partial charge < -0.3 is 10.2 Å². The zero-order chi connectivity index (χ0) is 20.5. The normalized spacial score (nSPS) is 45.9. The number of hydrogen-bond acceptors (Lipinski definition) is 4. The number of Topliss-reactive ketones (excluding diaryl/α,β-unsaturated/α-hetero) is 1. The summed E-state index contributed by atoms with van der Waals surface area (Å²) in [4.78, 5) is 24.9. The lowest BCUT2D eigenvalue weighted by molar-refractivity contribution is -0.176. The van der Waals surface area contributed by atoms with E-state index in [1.165, 1.54) is 5.57 Å².